The average Bonchev–Trinajstić information content (AvgIpc) is 2.65. The summed E-state index contributed by atoms with van der Waals surface area (Å²) in [5, 5.41) is 6.48. The molecule has 1 unspecified atom stereocenters. The third-order valence-electron chi connectivity index (χ3n) is 4.20. The van der Waals surface area contributed by atoms with Crippen molar-refractivity contribution in [3.8, 4) is 11.5 Å². The third-order valence-corrected chi connectivity index (χ3v) is 5.17. The van der Waals surface area contributed by atoms with Gasteiger partial charge in [-0.1, -0.05) is 35.9 Å². The molecule has 2 N–H and O–H groups in total. The minimum atomic E-state index is -2.97. The fourth-order valence-electron chi connectivity index (χ4n) is 2.55. The first-order valence-electron chi connectivity index (χ1n) is 9.24. The van der Waals surface area contributed by atoms with Crippen LogP contribution in [0.25, 0.3) is 0 Å². The van der Waals surface area contributed by atoms with Crippen molar-refractivity contribution in [2.75, 3.05) is 19.1 Å². The van der Waals surface area contributed by atoms with E-state index in [4.69, 9.17) is 4.74 Å². The average molecular weight is 531 g/mol. The monoisotopic (exact) mass is 531 g/mol. The van der Waals surface area contributed by atoms with E-state index in [0.29, 0.717) is 18.9 Å². The second-order valence-corrected chi connectivity index (χ2v) is 9.17. The second kappa shape index (κ2) is 12.0. The van der Waals surface area contributed by atoms with Crippen molar-refractivity contribution in [1.29, 1.82) is 0 Å². The van der Waals surface area contributed by atoms with Gasteiger partial charge in [-0.3, -0.25) is 4.99 Å². The van der Waals surface area contributed by atoms with Crippen LogP contribution in [0.2, 0.25) is 0 Å². The summed E-state index contributed by atoms with van der Waals surface area (Å²) in [7, 11) is -1.28. The Kier molecular flexibility index (Phi) is 10.5. The van der Waals surface area contributed by atoms with E-state index in [2.05, 4.69) is 15.6 Å². The topological polar surface area (TPSA) is 79.8 Å². The maximum Gasteiger partial charge on any atom is 0.191 e. The van der Waals surface area contributed by atoms with Crippen molar-refractivity contribution in [2.45, 2.75) is 32.9 Å². The molecule has 0 radical (unpaired) electrons. The van der Waals surface area contributed by atoms with E-state index in [0.717, 1.165) is 17.1 Å². The van der Waals surface area contributed by atoms with Crippen molar-refractivity contribution in [1.82, 2.24) is 10.6 Å². The Labute approximate surface area is 191 Å². The zero-order valence-electron chi connectivity index (χ0n) is 17.3. The van der Waals surface area contributed by atoms with Crippen molar-refractivity contribution >= 4 is 39.8 Å². The quantitative estimate of drug-likeness (QED) is 0.307. The molecule has 0 saturated carbocycles. The second-order valence-electron chi connectivity index (χ2n) is 6.91. The molecule has 2 aromatic carbocycles. The van der Waals surface area contributed by atoms with Crippen LogP contribution in [0.5, 0.6) is 11.5 Å². The lowest BCUT2D eigenvalue weighted by molar-refractivity contribution is 0.475. The summed E-state index contributed by atoms with van der Waals surface area (Å²) in [6.45, 7) is 4.50. The van der Waals surface area contributed by atoms with Gasteiger partial charge in [0.25, 0.3) is 0 Å². The number of nitrogens with one attached hydrogen (secondary N) is 2. The fourth-order valence-corrected chi connectivity index (χ4v) is 3.33. The molecule has 2 rings (SSSR count). The summed E-state index contributed by atoms with van der Waals surface area (Å²) in [6.07, 6.45) is 1.77. The van der Waals surface area contributed by atoms with E-state index in [-0.39, 0.29) is 35.8 Å². The summed E-state index contributed by atoms with van der Waals surface area (Å²) in [5.74, 6) is 2.33. The van der Waals surface area contributed by atoms with E-state index in [9.17, 15) is 8.42 Å². The number of nitrogens with zero attached hydrogens (tertiary/aromatic N) is 1. The molecule has 0 aromatic heterocycles. The van der Waals surface area contributed by atoms with Gasteiger partial charge in [-0.25, -0.2) is 8.42 Å². The van der Waals surface area contributed by atoms with Gasteiger partial charge in [0.05, 0.1) is 5.75 Å². The molecule has 29 heavy (non-hydrogen) atoms. The Balaban J connectivity index is 0.00000420. The van der Waals surface area contributed by atoms with E-state index in [1.807, 2.05) is 62.4 Å². The van der Waals surface area contributed by atoms with Crippen molar-refractivity contribution in [3.63, 3.8) is 0 Å². The van der Waals surface area contributed by atoms with Gasteiger partial charge in [0.2, 0.25) is 0 Å². The molecule has 0 spiro atoms. The minimum absolute atomic E-state index is 0. The highest BCUT2D eigenvalue weighted by atomic mass is 127. The standard InChI is InChI=1S/C21H29N3O3S.HI/c1-16-9-11-19(12-10-16)27-20-8-6-5-7-18(20)15-23-21(22-3)24-17(2)13-14-28(4,25)26;/h5-12,17H,13-15H2,1-4H3,(H2,22,23,24);1H. The van der Waals surface area contributed by atoms with E-state index in [1.165, 1.54) is 11.8 Å². The first kappa shape index (κ1) is 25.2. The fraction of sp³-hybridized carbons (Fsp3) is 0.381. The Hall–Kier alpha value is -1.81. The van der Waals surface area contributed by atoms with E-state index in [1.54, 1.807) is 7.05 Å². The largest absolute Gasteiger partial charge is 0.457 e. The number of para-hydroxylation sites is 1. The highest BCUT2D eigenvalue weighted by Crippen LogP contribution is 2.25. The van der Waals surface area contributed by atoms with Gasteiger partial charge in [-0.05, 0) is 38.5 Å². The number of guanidine groups is 1. The van der Waals surface area contributed by atoms with Gasteiger partial charge in [-0.2, -0.15) is 0 Å². The van der Waals surface area contributed by atoms with Gasteiger partial charge < -0.3 is 15.4 Å². The Morgan fingerprint density at radius 1 is 1.14 bits per heavy atom. The molecule has 6 nitrogen and oxygen atoms in total. The molecule has 0 heterocycles. The van der Waals surface area contributed by atoms with Crippen LogP contribution in [0.15, 0.2) is 53.5 Å². The normalized spacial score (nSPS) is 12.6. The summed E-state index contributed by atoms with van der Waals surface area (Å²) in [4.78, 5) is 4.22. The minimum Gasteiger partial charge on any atom is -0.457 e. The number of benzene rings is 2. The Morgan fingerprint density at radius 2 is 1.79 bits per heavy atom. The van der Waals surface area contributed by atoms with Crippen LogP contribution in [0, 0.1) is 6.92 Å². The molecule has 8 heteroatoms. The maximum absolute atomic E-state index is 11.3. The predicted molar refractivity (Wildman–Crippen MR) is 130 cm³/mol. The molecule has 0 fully saturated rings. The highest BCUT2D eigenvalue weighted by Gasteiger charge is 2.10. The zero-order valence-corrected chi connectivity index (χ0v) is 20.5. The lowest BCUT2D eigenvalue weighted by atomic mass is 10.2. The SMILES string of the molecule is CN=C(NCc1ccccc1Oc1ccc(C)cc1)NC(C)CCS(C)(=O)=O.I. The van der Waals surface area contributed by atoms with Gasteiger partial charge in [0.1, 0.15) is 21.3 Å². The number of aliphatic imine (C=N–C) groups is 1. The Morgan fingerprint density at radius 3 is 2.41 bits per heavy atom. The number of aryl methyl sites for hydroxylation is 1. The summed E-state index contributed by atoms with van der Waals surface area (Å²) >= 11 is 0. The molecule has 1 atom stereocenters. The lowest BCUT2D eigenvalue weighted by Gasteiger charge is -2.18. The summed E-state index contributed by atoms with van der Waals surface area (Å²) < 4.78 is 28.7. The molecular weight excluding hydrogens is 501 g/mol. The molecule has 0 saturated heterocycles. The number of hydrogen-bond acceptors (Lipinski definition) is 4. The van der Waals surface area contributed by atoms with Gasteiger partial charge >= 0.3 is 0 Å². The summed E-state index contributed by atoms with van der Waals surface area (Å²) in [5.41, 5.74) is 2.18. The first-order chi connectivity index (χ1) is 13.3. The zero-order chi connectivity index (χ0) is 20.6. The smallest absolute Gasteiger partial charge is 0.191 e. The van der Waals surface area contributed by atoms with Crippen LogP contribution >= 0.6 is 24.0 Å². The van der Waals surface area contributed by atoms with Crippen molar-refractivity contribution < 1.29 is 13.2 Å². The van der Waals surface area contributed by atoms with E-state index < -0.39 is 9.84 Å². The number of sulfone groups is 1. The number of rotatable bonds is 8. The van der Waals surface area contributed by atoms with Gasteiger partial charge in [0.15, 0.2) is 5.96 Å². The Bertz CT molecular complexity index is 900. The van der Waals surface area contributed by atoms with Crippen LogP contribution < -0.4 is 15.4 Å². The maximum atomic E-state index is 11.3. The van der Waals surface area contributed by atoms with E-state index >= 15 is 0 Å². The lowest BCUT2D eigenvalue weighted by Crippen LogP contribution is -2.42. The van der Waals surface area contributed by atoms with Crippen LogP contribution in [-0.2, 0) is 16.4 Å². The summed E-state index contributed by atoms with van der Waals surface area (Å²) in [6, 6.07) is 15.7. The molecule has 0 bridgehead atoms. The van der Waals surface area contributed by atoms with Crippen LogP contribution in [0.4, 0.5) is 0 Å². The van der Waals surface area contributed by atoms with Crippen LogP contribution in [0.3, 0.4) is 0 Å². The van der Waals surface area contributed by atoms with Crippen molar-refractivity contribution in [2.24, 2.45) is 4.99 Å². The molecule has 2 aromatic rings. The van der Waals surface area contributed by atoms with Gasteiger partial charge in [0, 0.05) is 31.5 Å². The third kappa shape index (κ3) is 9.49. The molecular formula is C21H30IN3O3S. The molecule has 0 aliphatic rings. The molecule has 0 aliphatic carbocycles. The predicted octanol–water partition coefficient (Wildman–Crippen LogP) is 3.89. The molecule has 0 amide bonds. The number of hydrogen-bond donors (Lipinski definition) is 2. The van der Waals surface area contributed by atoms with Crippen molar-refractivity contribution in [3.05, 3.63) is 59.7 Å². The van der Waals surface area contributed by atoms with Crippen LogP contribution in [0.1, 0.15) is 24.5 Å². The number of ether oxygens (including phenoxy) is 1. The highest BCUT2D eigenvalue weighted by molar-refractivity contribution is 14.0. The van der Waals surface area contributed by atoms with Gasteiger partial charge in [-0.15, -0.1) is 24.0 Å². The molecule has 160 valence electrons. The van der Waals surface area contributed by atoms with Crippen LogP contribution in [-0.4, -0.2) is 39.5 Å². The number of halogens is 1. The first-order valence-corrected chi connectivity index (χ1v) is 11.3. The molecule has 0 aliphatic heterocycles.